The smallest absolute Gasteiger partial charge is 0.200 e. The minimum absolute atomic E-state index is 0.0470. The van der Waals surface area contributed by atoms with E-state index in [1.165, 1.54) is 18.2 Å². The number of halogens is 5. The van der Waals surface area contributed by atoms with Crippen LogP contribution in [0, 0.1) is 11.6 Å². The Balaban J connectivity index is 2.59. The van der Waals surface area contributed by atoms with Crippen LogP contribution in [-0.4, -0.2) is 5.78 Å². The highest BCUT2D eigenvalue weighted by Gasteiger charge is 2.22. The Labute approximate surface area is 126 Å². The molecule has 0 amide bonds. The van der Waals surface area contributed by atoms with E-state index in [1.807, 2.05) is 0 Å². The average Bonchev–Trinajstić information content (AvgIpc) is 2.30. The molecule has 0 bridgehead atoms. The molecule has 19 heavy (non-hydrogen) atoms. The monoisotopic (exact) mass is 364 g/mol. The molecule has 6 heteroatoms. The largest absolute Gasteiger partial charge is 0.288 e. The zero-order chi connectivity index (χ0) is 14.2. The summed E-state index contributed by atoms with van der Waals surface area (Å²) in [6.45, 7) is 0. The first-order chi connectivity index (χ1) is 8.90. The number of benzene rings is 2. The summed E-state index contributed by atoms with van der Waals surface area (Å²) in [5, 5.41) is 0.335. The lowest BCUT2D eigenvalue weighted by Crippen LogP contribution is -2.08. The maximum atomic E-state index is 13.7. The number of carbonyl (C=O) groups is 1. The van der Waals surface area contributed by atoms with Crippen LogP contribution in [0.3, 0.4) is 0 Å². The van der Waals surface area contributed by atoms with E-state index in [4.69, 9.17) is 23.2 Å². The third kappa shape index (κ3) is 2.96. The van der Waals surface area contributed by atoms with E-state index >= 15 is 0 Å². The fourth-order valence-electron chi connectivity index (χ4n) is 1.57. The van der Waals surface area contributed by atoms with Gasteiger partial charge in [0.25, 0.3) is 0 Å². The van der Waals surface area contributed by atoms with Gasteiger partial charge >= 0.3 is 0 Å². The van der Waals surface area contributed by atoms with Gasteiger partial charge in [-0.15, -0.1) is 0 Å². The Morgan fingerprint density at radius 1 is 1.05 bits per heavy atom. The first-order valence-electron chi connectivity index (χ1n) is 5.04. The molecule has 0 saturated heterocycles. The fourth-order valence-corrected chi connectivity index (χ4v) is 2.34. The molecule has 0 unspecified atom stereocenters. The van der Waals surface area contributed by atoms with Crippen molar-refractivity contribution < 1.29 is 13.6 Å². The van der Waals surface area contributed by atoms with Gasteiger partial charge in [0.1, 0.15) is 11.6 Å². The number of hydrogen-bond acceptors (Lipinski definition) is 1. The summed E-state index contributed by atoms with van der Waals surface area (Å²) in [7, 11) is 0. The molecular weight excluding hydrogens is 361 g/mol. The first kappa shape index (κ1) is 14.4. The number of hydrogen-bond donors (Lipinski definition) is 0. The normalized spacial score (nSPS) is 10.6. The van der Waals surface area contributed by atoms with Crippen LogP contribution in [0.1, 0.15) is 15.9 Å². The van der Waals surface area contributed by atoms with Crippen LogP contribution in [-0.2, 0) is 0 Å². The molecule has 0 aliphatic carbocycles. The predicted octanol–water partition coefficient (Wildman–Crippen LogP) is 5.27. The Morgan fingerprint density at radius 3 is 2.21 bits per heavy atom. The van der Waals surface area contributed by atoms with Gasteiger partial charge in [-0.1, -0.05) is 39.1 Å². The van der Waals surface area contributed by atoms with Crippen molar-refractivity contribution in [2.75, 3.05) is 0 Å². The molecule has 0 aliphatic rings. The van der Waals surface area contributed by atoms with Gasteiger partial charge in [-0.25, -0.2) is 8.78 Å². The Hall–Kier alpha value is -0.970. The summed E-state index contributed by atoms with van der Waals surface area (Å²) in [5.41, 5.74) is -0.707. The number of carbonyl (C=O) groups excluding carboxylic acids is 1. The van der Waals surface area contributed by atoms with Crippen LogP contribution < -0.4 is 0 Å². The Bertz CT molecular complexity index is 651. The maximum Gasteiger partial charge on any atom is 0.200 e. The third-order valence-electron chi connectivity index (χ3n) is 2.41. The molecule has 0 aromatic heterocycles. The lowest BCUT2D eigenvalue weighted by Gasteiger charge is -2.07. The van der Waals surface area contributed by atoms with Crippen molar-refractivity contribution in [1.82, 2.24) is 0 Å². The first-order valence-corrected chi connectivity index (χ1v) is 6.59. The molecule has 0 N–H and O–H groups in total. The SMILES string of the molecule is O=C(c1cc(Cl)ccc1Cl)c1c(F)cc(Br)cc1F. The van der Waals surface area contributed by atoms with Crippen molar-refractivity contribution in [3.8, 4) is 0 Å². The molecule has 2 aromatic carbocycles. The maximum absolute atomic E-state index is 13.7. The summed E-state index contributed by atoms with van der Waals surface area (Å²) in [5.74, 6) is -2.78. The minimum atomic E-state index is -0.965. The van der Waals surface area contributed by atoms with Crippen molar-refractivity contribution in [1.29, 1.82) is 0 Å². The van der Waals surface area contributed by atoms with E-state index in [9.17, 15) is 13.6 Å². The van der Waals surface area contributed by atoms with Crippen LogP contribution in [0.4, 0.5) is 8.78 Å². The quantitative estimate of drug-likeness (QED) is 0.663. The standard InChI is InChI=1S/C13H5BrCl2F2O/c14-6-3-10(17)12(11(18)4-6)13(19)8-5-7(15)1-2-9(8)16/h1-5H. The predicted molar refractivity (Wildman–Crippen MR) is 74.0 cm³/mol. The second kappa shape index (κ2) is 5.57. The highest BCUT2D eigenvalue weighted by molar-refractivity contribution is 9.10. The molecule has 0 atom stereocenters. The topological polar surface area (TPSA) is 17.1 Å². The van der Waals surface area contributed by atoms with Crippen LogP contribution in [0.2, 0.25) is 10.0 Å². The van der Waals surface area contributed by atoms with Gasteiger partial charge in [-0.3, -0.25) is 4.79 Å². The number of ketones is 1. The van der Waals surface area contributed by atoms with Gasteiger partial charge in [0.15, 0.2) is 5.78 Å². The molecular formula is C13H5BrCl2F2O. The molecule has 2 rings (SSSR count). The van der Waals surface area contributed by atoms with Gasteiger partial charge in [-0.2, -0.15) is 0 Å². The summed E-state index contributed by atoms with van der Waals surface area (Å²) < 4.78 is 27.6. The summed E-state index contributed by atoms with van der Waals surface area (Å²) in [6.07, 6.45) is 0. The van der Waals surface area contributed by atoms with E-state index < -0.39 is 23.0 Å². The van der Waals surface area contributed by atoms with E-state index in [0.717, 1.165) is 12.1 Å². The lowest BCUT2D eigenvalue weighted by atomic mass is 10.0. The molecule has 1 nitrogen and oxygen atoms in total. The van der Waals surface area contributed by atoms with E-state index in [2.05, 4.69) is 15.9 Å². The molecule has 0 aliphatic heterocycles. The summed E-state index contributed by atoms with van der Waals surface area (Å²) in [6, 6.07) is 6.16. The molecule has 2 aromatic rings. The number of rotatable bonds is 2. The third-order valence-corrected chi connectivity index (χ3v) is 3.43. The second-order valence-corrected chi connectivity index (χ2v) is 5.46. The van der Waals surface area contributed by atoms with Crippen molar-refractivity contribution >= 4 is 44.9 Å². The van der Waals surface area contributed by atoms with Crippen LogP contribution in [0.15, 0.2) is 34.8 Å². The summed E-state index contributed by atoms with van der Waals surface area (Å²) in [4.78, 5) is 12.1. The minimum Gasteiger partial charge on any atom is -0.288 e. The van der Waals surface area contributed by atoms with Crippen LogP contribution in [0.5, 0.6) is 0 Å². The lowest BCUT2D eigenvalue weighted by molar-refractivity contribution is 0.103. The molecule has 0 heterocycles. The Morgan fingerprint density at radius 2 is 1.63 bits per heavy atom. The van der Waals surface area contributed by atoms with Crippen molar-refractivity contribution in [2.45, 2.75) is 0 Å². The van der Waals surface area contributed by atoms with E-state index in [-0.39, 0.29) is 20.1 Å². The van der Waals surface area contributed by atoms with Crippen molar-refractivity contribution in [3.05, 3.63) is 67.6 Å². The molecule has 0 spiro atoms. The molecule has 0 saturated carbocycles. The molecule has 0 fully saturated rings. The second-order valence-electron chi connectivity index (χ2n) is 3.70. The van der Waals surface area contributed by atoms with Gasteiger partial charge < -0.3 is 0 Å². The van der Waals surface area contributed by atoms with E-state index in [1.54, 1.807) is 0 Å². The summed E-state index contributed by atoms with van der Waals surface area (Å²) >= 11 is 14.5. The van der Waals surface area contributed by atoms with E-state index in [0.29, 0.717) is 0 Å². The fraction of sp³-hybridized carbons (Fsp3) is 0. The molecule has 98 valence electrons. The van der Waals surface area contributed by atoms with Crippen molar-refractivity contribution in [3.63, 3.8) is 0 Å². The highest BCUT2D eigenvalue weighted by atomic mass is 79.9. The van der Waals surface area contributed by atoms with Gasteiger partial charge in [0.05, 0.1) is 10.6 Å². The average molecular weight is 366 g/mol. The zero-order valence-corrected chi connectivity index (χ0v) is 12.3. The Kier molecular flexibility index (Phi) is 4.23. The highest BCUT2D eigenvalue weighted by Crippen LogP contribution is 2.27. The van der Waals surface area contributed by atoms with Crippen LogP contribution in [0.25, 0.3) is 0 Å². The van der Waals surface area contributed by atoms with Gasteiger partial charge in [0.2, 0.25) is 0 Å². The molecule has 0 radical (unpaired) electrons. The van der Waals surface area contributed by atoms with Crippen LogP contribution >= 0.6 is 39.1 Å². The zero-order valence-electron chi connectivity index (χ0n) is 9.18. The van der Waals surface area contributed by atoms with Crippen molar-refractivity contribution in [2.24, 2.45) is 0 Å². The van der Waals surface area contributed by atoms with Gasteiger partial charge in [0, 0.05) is 15.1 Å². The van der Waals surface area contributed by atoms with Gasteiger partial charge in [-0.05, 0) is 30.3 Å².